The number of hydrogen-bond acceptors (Lipinski definition) is 6. The Hall–Kier alpha value is -1.22. The summed E-state index contributed by atoms with van der Waals surface area (Å²) in [5.41, 5.74) is 0. The molecule has 2 amide bonds. The van der Waals surface area contributed by atoms with E-state index in [2.05, 4.69) is 10.6 Å². The van der Waals surface area contributed by atoms with Crippen molar-refractivity contribution >= 4 is 11.8 Å². The Morgan fingerprint density at radius 1 is 0.552 bits per heavy atom. The number of carbonyl (C=O) groups excluding carboxylic acids is 2. The molecule has 0 heterocycles. The van der Waals surface area contributed by atoms with Crippen LogP contribution in [-0.4, -0.2) is 74.7 Å². The molecule has 0 fully saturated rings. The van der Waals surface area contributed by atoms with Crippen molar-refractivity contribution in [3.63, 3.8) is 0 Å². The van der Waals surface area contributed by atoms with Gasteiger partial charge in [-0.25, -0.2) is 0 Å². The van der Waals surface area contributed by atoms with Gasteiger partial charge in [0.15, 0.2) is 0 Å². The van der Waals surface area contributed by atoms with Crippen LogP contribution in [0, 0.1) is 0 Å². The quantitative estimate of drug-likeness (QED) is 0.373. The lowest BCUT2D eigenvalue weighted by Gasteiger charge is -2.23. The number of ether oxygens (including phenoxy) is 4. The Morgan fingerprint density at radius 2 is 0.793 bits per heavy atom. The van der Waals surface area contributed by atoms with Crippen LogP contribution in [-0.2, 0) is 28.5 Å². The van der Waals surface area contributed by atoms with E-state index in [9.17, 15) is 9.59 Å². The van der Waals surface area contributed by atoms with Crippen molar-refractivity contribution in [1.29, 1.82) is 0 Å². The normalized spacial score (nSPS) is 12.1. The van der Waals surface area contributed by atoms with E-state index in [4.69, 9.17) is 18.9 Å². The van der Waals surface area contributed by atoms with Gasteiger partial charge in [0.1, 0.15) is 6.42 Å². The monoisotopic (exact) mass is 418 g/mol. The standard InChI is InChI=1S/C21H42N2O6/c1-14(2)26-10-18(11-27-15(3)4)22-20(24)9-21(25)23-19(12-28-16(5)6)13-29-17(7)8/h14-19H,9-13H2,1-8H3,(H,22,24)(H,23,25). The lowest BCUT2D eigenvalue weighted by atomic mass is 10.2. The van der Waals surface area contributed by atoms with E-state index in [1.807, 2.05) is 55.4 Å². The first-order valence-electron chi connectivity index (χ1n) is 10.5. The number of rotatable bonds is 16. The first kappa shape index (κ1) is 27.8. The van der Waals surface area contributed by atoms with Crippen molar-refractivity contribution in [2.75, 3.05) is 26.4 Å². The zero-order valence-corrected chi connectivity index (χ0v) is 19.4. The molecule has 0 aliphatic heterocycles. The highest BCUT2D eigenvalue weighted by Crippen LogP contribution is 2.00. The predicted octanol–water partition coefficient (Wildman–Crippen LogP) is 2.05. The lowest BCUT2D eigenvalue weighted by Crippen LogP contribution is -2.47. The molecule has 0 rings (SSSR count). The highest BCUT2D eigenvalue weighted by Gasteiger charge is 2.20. The molecule has 2 N–H and O–H groups in total. The van der Waals surface area contributed by atoms with Crippen molar-refractivity contribution in [2.45, 2.75) is 98.3 Å². The van der Waals surface area contributed by atoms with Gasteiger partial charge in [-0.1, -0.05) is 0 Å². The van der Waals surface area contributed by atoms with Crippen molar-refractivity contribution in [3.8, 4) is 0 Å². The van der Waals surface area contributed by atoms with Gasteiger partial charge in [0.2, 0.25) is 11.8 Å². The van der Waals surface area contributed by atoms with Crippen LogP contribution < -0.4 is 10.6 Å². The summed E-state index contributed by atoms with van der Waals surface area (Å²) >= 11 is 0. The van der Waals surface area contributed by atoms with Gasteiger partial charge in [0.25, 0.3) is 0 Å². The van der Waals surface area contributed by atoms with Crippen LogP contribution in [0.5, 0.6) is 0 Å². The molecule has 0 aliphatic rings. The average molecular weight is 419 g/mol. The fourth-order valence-corrected chi connectivity index (χ4v) is 2.20. The van der Waals surface area contributed by atoms with Crippen LogP contribution in [0.1, 0.15) is 61.8 Å². The second-order valence-corrected chi connectivity index (χ2v) is 8.23. The molecule has 0 saturated carbocycles. The van der Waals surface area contributed by atoms with Gasteiger partial charge in [-0.2, -0.15) is 0 Å². The smallest absolute Gasteiger partial charge is 0.229 e. The summed E-state index contributed by atoms with van der Waals surface area (Å²) in [5.74, 6) is -0.749. The molecule has 0 bridgehead atoms. The van der Waals surface area contributed by atoms with Crippen LogP contribution in [0.25, 0.3) is 0 Å². The molecule has 0 aromatic rings. The molecular weight excluding hydrogens is 376 g/mol. The van der Waals surface area contributed by atoms with Crippen molar-refractivity contribution < 1.29 is 28.5 Å². The largest absolute Gasteiger partial charge is 0.377 e. The van der Waals surface area contributed by atoms with Crippen molar-refractivity contribution in [2.24, 2.45) is 0 Å². The van der Waals surface area contributed by atoms with E-state index in [1.54, 1.807) is 0 Å². The minimum Gasteiger partial charge on any atom is -0.377 e. The molecular formula is C21H42N2O6. The first-order chi connectivity index (χ1) is 13.5. The maximum atomic E-state index is 12.3. The molecule has 172 valence electrons. The summed E-state index contributed by atoms with van der Waals surface area (Å²) in [7, 11) is 0. The summed E-state index contributed by atoms with van der Waals surface area (Å²) in [4.78, 5) is 24.6. The Bertz CT molecular complexity index is 390. The highest BCUT2D eigenvalue weighted by molar-refractivity contribution is 5.97. The molecule has 0 aromatic heterocycles. The molecule has 0 saturated heterocycles. The molecule has 8 heteroatoms. The number of carbonyl (C=O) groups is 2. The van der Waals surface area contributed by atoms with E-state index in [-0.39, 0.29) is 54.7 Å². The van der Waals surface area contributed by atoms with Crippen LogP contribution in [0.4, 0.5) is 0 Å². The van der Waals surface area contributed by atoms with E-state index < -0.39 is 0 Å². The second-order valence-electron chi connectivity index (χ2n) is 8.23. The Morgan fingerprint density at radius 3 is 1.00 bits per heavy atom. The molecule has 0 aliphatic carbocycles. The average Bonchev–Trinajstić information content (AvgIpc) is 2.58. The summed E-state index contributed by atoms with van der Waals surface area (Å²) in [6.45, 7) is 16.7. The van der Waals surface area contributed by atoms with E-state index >= 15 is 0 Å². The van der Waals surface area contributed by atoms with Gasteiger partial charge in [-0.3, -0.25) is 9.59 Å². The Balaban J connectivity index is 4.61. The lowest BCUT2D eigenvalue weighted by molar-refractivity contribution is -0.131. The maximum Gasteiger partial charge on any atom is 0.229 e. The number of nitrogens with one attached hydrogen (secondary N) is 2. The fourth-order valence-electron chi connectivity index (χ4n) is 2.20. The molecule has 0 unspecified atom stereocenters. The molecule has 29 heavy (non-hydrogen) atoms. The third kappa shape index (κ3) is 17.4. The summed E-state index contributed by atoms with van der Waals surface area (Å²) in [5, 5.41) is 5.64. The minimum absolute atomic E-state index is 0.0411. The van der Waals surface area contributed by atoms with E-state index in [1.165, 1.54) is 0 Å². The molecule has 0 aromatic carbocycles. The maximum absolute atomic E-state index is 12.3. The van der Waals surface area contributed by atoms with Crippen molar-refractivity contribution in [1.82, 2.24) is 10.6 Å². The van der Waals surface area contributed by atoms with Crippen LogP contribution in [0.15, 0.2) is 0 Å². The number of hydrogen-bond donors (Lipinski definition) is 2. The topological polar surface area (TPSA) is 95.1 Å². The van der Waals surface area contributed by atoms with Crippen LogP contribution in [0.2, 0.25) is 0 Å². The zero-order chi connectivity index (χ0) is 22.4. The van der Waals surface area contributed by atoms with Gasteiger partial charge in [-0.05, 0) is 55.4 Å². The van der Waals surface area contributed by atoms with E-state index in [0.29, 0.717) is 26.4 Å². The third-order valence-electron chi connectivity index (χ3n) is 3.57. The van der Waals surface area contributed by atoms with Gasteiger partial charge < -0.3 is 29.6 Å². The minimum atomic E-state index is -0.375. The molecule has 0 radical (unpaired) electrons. The van der Waals surface area contributed by atoms with Crippen molar-refractivity contribution in [3.05, 3.63) is 0 Å². The molecule has 0 spiro atoms. The SMILES string of the molecule is CC(C)OCC(COC(C)C)NC(=O)CC(=O)NC(COC(C)C)COC(C)C. The van der Waals surface area contributed by atoms with Gasteiger partial charge in [-0.15, -0.1) is 0 Å². The second kappa shape index (κ2) is 15.6. The molecule has 0 atom stereocenters. The first-order valence-corrected chi connectivity index (χ1v) is 10.5. The van der Waals surface area contributed by atoms with Crippen LogP contribution >= 0.6 is 0 Å². The summed E-state index contributed by atoms with van der Waals surface area (Å²) in [6.07, 6.45) is -0.114. The fraction of sp³-hybridized carbons (Fsp3) is 0.905. The van der Waals surface area contributed by atoms with E-state index in [0.717, 1.165) is 0 Å². The molecule has 8 nitrogen and oxygen atoms in total. The summed E-state index contributed by atoms with van der Waals surface area (Å²) in [6, 6.07) is -0.631. The Kier molecular flexibility index (Phi) is 14.9. The Labute approximate surface area is 176 Å². The van der Waals surface area contributed by atoms with Gasteiger partial charge in [0.05, 0.1) is 62.9 Å². The summed E-state index contributed by atoms with van der Waals surface area (Å²) < 4.78 is 22.3. The zero-order valence-electron chi connectivity index (χ0n) is 19.4. The van der Waals surface area contributed by atoms with Gasteiger partial charge in [0, 0.05) is 0 Å². The third-order valence-corrected chi connectivity index (χ3v) is 3.57. The highest BCUT2D eigenvalue weighted by atomic mass is 16.5. The number of amides is 2. The van der Waals surface area contributed by atoms with Crippen LogP contribution in [0.3, 0.4) is 0 Å². The van der Waals surface area contributed by atoms with Gasteiger partial charge >= 0.3 is 0 Å². The predicted molar refractivity (Wildman–Crippen MR) is 113 cm³/mol.